The van der Waals surface area contributed by atoms with Gasteiger partial charge in [-0.3, -0.25) is 14.9 Å². The number of nitrogens with one attached hydrogen (secondary N) is 3. The molecule has 0 spiro atoms. The van der Waals surface area contributed by atoms with Gasteiger partial charge >= 0.3 is 0 Å². The van der Waals surface area contributed by atoms with Crippen LogP contribution in [-0.2, 0) is 9.59 Å². The Balaban J connectivity index is 1.78. The lowest BCUT2D eigenvalue weighted by Crippen LogP contribution is -2.45. The average Bonchev–Trinajstić information content (AvgIpc) is 2.40. The molecule has 0 atom stereocenters. The Hall–Kier alpha value is -0.940. The highest BCUT2D eigenvalue weighted by molar-refractivity contribution is 5.97. The van der Waals surface area contributed by atoms with Gasteiger partial charge in [-0.25, -0.2) is 0 Å². The minimum Gasteiger partial charge on any atom is -0.317 e. The Kier molecular flexibility index (Phi) is 4.50. The highest BCUT2D eigenvalue weighted by atomic mass is 16.2. The van der Waals surface area contributed by atoms with Crippen LogP contribution in [0.4, 0.5) is 0 Å². The lowest BCUT2D eigenvalue weighted by molar-refractivity contribution is -0.135. The minimum absolute atomic E-state index is 0.0157. The normalized spacial score (nSPS) is 23.3. The molecule has 2 fully saturated rings. The molecule has 2 saturated heterocycles. The fourth-order valence-corrected chi connectivity index (χ4v) is 2.49. The molecule has 0 aromatic heterocycles. The topological polar surface area (TPSA) is 70.2 Å². The summed E-state index contributed by atoms with van der Waals surface area (Å²) in [5.74, 6) is -0.117. The first-order valence-electron chi connectivity index (χ1n) is 6.53. The van der Waals surface area contributed by atoms with Gasteiger partial charge in [0.15, 0.2) is 0 Å². The number of amides is 2. The van der Waals surface area contributed by atoms with Gasteiger partial charge in [-0.2, -0.15) is 0 Å². The summed E-state index contributed by atoms with van der Waals surface area (Å²) in [6, 6.07) is 0. The Bertz CT molecular complexity index is 253. The van der Waals surface area contributed by atoms with Gasteiger partial charge in [0.2, 0.25) is 11.8 Å². The van der Waals surface area contributed by atoms with Crippen LogP contribution in [0.3, 0.4) is 0 Å². The summed E-state index contributed by atoms with van der Waals surface area (Å²) in [6.07, 6.45) is 3.35. The van der Waals surface area contributed by atoms with E-state index in [1.807, 2.05) is 0 Å². The molecule has 5 nitrogen and oxygen atoms in total. The zero-order valence-electron chi connectivity index (χ0n) is 10.1. The number of rotatable bonds is 2. The predicted octanol–water partition coefficient (Wildman–Crippen LogP) is -0.372. The van der Waals surface area contributed by atoms with Crippen molar-refractivity contribution in [3.8, 4) is 0 Å². The average molecular weight is 239 g/mol. The summed E-state index contributed by atoms with van der Waals surface area (Å²) in [5.41, 5.74) is 0. The molecule has 2 rings (SSSR count). The van der Waals surface area contributed by atoms with Crippen molar-refractivity contribution < 1.29 is 9.59 Å². The first-order chi connectivity index (χ1) is 8.27. The first-order valence-corrected chi connectivity index (χ1v) is 6.53. The molecule has 0 radical (unpaired) electrons. The molecule has 96 valence electrons. The summed E-state index contributed by atoms with van der Waals surface area (Å²) in [4.78, 5) is 23.8. The van der Waals surface area contributed by atoms with Crippen molar-refractivity contribution >= 4 is 11.8 Å². The van der Waals surface area contributed by atoms with Crippen molar-refractivity contribution in [2.45, 2.75) is 25.7 Å². The quantitative estimate of drug-likeness (QED) is 0.575. The summed E-state index contributed by atoms with van der Waals surface area (Å²) >= 11 is 0. The van der Waals surface area contributed by atoms with Crippen molar-refractivity contribution in [3.05, 3.63) is 0 Å². The number of imide groups is 1. The van der Waals surface area contributed by atoms with E-state index in [1.54, 1.807) is 0 Å². The van der Waals surface area contributed by atoms with E-state index < -0.39 is 0 Å². The Morgan fingerprint density at radius 1 is 0.765 bits per heavy atom. The van der Waals surface area contributed by atoms with Gasteiger partial charge in [0, 0.05) is 11.8 Å². The van der Waals surface area contributed by atoms with Crippen LogP contribution in [0, 0.1) is 11.8 Å². The molecule has 0 unspecified atom stereocenters. The van der Waals surface area contributed by atoms with E-state index in [-0.39, 0.29) is 23.7 Å². The monoisotopic (exact) mass is 239 g/mol. The van der Waals surface area contributed by atoms with E-state index in [0.717, 1.165) is 51.9 Å². The number of carbonyl (C=O) groups is 2. The van der Waals surface area contributed by atoms with Gasteiger partial charge in [-0.1, -0.05) is 0 Å². The molecule has 17 heavy (non-hydrogen) atoms. The van der Waals surface area contributed by atoms with Gasteiger partial charge < -0.3 is 10.6 Å². The first kappa shape index (κ1) is 12.5. The molecule has 0 aliphatic carbocycles. The highest BCUT2D eigenvalue weighted by Gasteiger charge is 2.26. The molecule has 0 bridgehead atoms. The SMILES string of the molecule is O=C(NC(=O)C1CCNCC1)C1CCNCC1. The fraction of sp³-hybridized carbons (Fsp3) is 0.833. The third-order valence-electron chi connectivity index (χ3n) is 3.67. The van der Waals surface area contributed by atoms with Crippen molar-refractivity contribution in [2.75, 3.05) is 26.2 Å². The lowest BCUT2D eigenvalue weighted by atomic mass is 9.95. The zero-order chi connectivity index (χ0) is 12.1. The van der Waals surface area contributed by atoms with Crippen LogP contribution in [0.1, 0.15) is 25.7 Å². The van der Waals surface area contributed by atoms with Gasteiger partial charge in [-0.05, 0) is 51.9 Å². The summed E-state index contributed by atoms with van der Waals surface area (Å²) in [5, 5.41) is 9.01. The van der Waals surface area contributed by atoms with Crippen molar-refractivity contribution in [2.24, 2.45) is 11.8 Å². The Labute approximate surface area is 102 Å². The van der Waals surface area contributed by atoms with E-state index in [9.17, 15) is 9.59 Å². The van der Waals surface area contributed by atoms with E-state index >= 15 is 0 Å². The highest BCUT2D eigenvalue weighted by Crippen LogP contribution is 2.14. The maximum absolute atomic E-state index is 11.9. The molecular weight excluding hydrogens is 218 g/mol. The van der Waals surface area contributed by atoms with Crippen LogP contribution in [0.5, 0.6) is 0 Å². The molecular formula is C12H21N3O2. The smallest absolute Gasteiger partial charge is 0.229 e. The molecule has 3 N–H and O–H groups in total. The third-order valence-corrected chi connectivity index (χ3v) is 3.67. The van der Waals surface area contributed by atoms with Crippen LogP contribution in [-0.4, -0.2) is 38.0 Å². The fourth-order valence-electron chi connectivity index (χ4n) is 2.49. The van der Waals surface area contributed by atoms with E-state index in [1.165, 1.54) is 0 Å². The summed E-state index contributed by atoms with van der Waals surface area (Å²) < 4.78 is 0. The standard InChI is InChI=1S/C12H21N3O2/c16-11(9-1-5-13-6-2-9)15-12(17)10-3-7-14-8-4-10/h9-10,13-14H,1-8H2,(H,15,16,17). The van der Waals surface area contributed by atoms with Crippen LogP contribution < -0.4 is 16.0 Å². The molecule has 2 aliphatic heterocycles. The third kappa shape index (κ3) is 3.51. The summed E-state index contributed by atoms with van der Waals surface area (Å²) in [7, 11) is 0. The maximum atomic E-state index is 11.9. The second-order valence-electron chi connectivity index (χ2n) is 4.90. The molecule has 0 aromatic carbocycles. The number of hydrogen-bond acceptors (Lipinski definition) is 4. The molecule has 5 heteroatoms. The van der Waals surface area contributed by atoms with E-state index in [4.69, 9.17) is 0 Å². The largest absolute Gasteiger partial charge is 0.317 e. The Morgan fingerprint density at radius 2 is 1.12 bits per heavy atom. The molecule has 2 heterocycles. The van der Waals surface area contributed by atoms with Crippen molar-refractivity contribution in [1.29, 1.82) is 0 Å². The van der Waals surface area contributed by atoms with E-state index in [0.29, 0.717) is 0 Å². The van der Waals surface area contributed by atoms with Crippen LogP contribution in [0.25, 0.3) is 0 Å². The van der Waals surface area contributed by atoms with Crippen LogP contribution in [0.15, 0.2) is 0 Å². The van der Waals surface area contributed by atoms with Crippen molar-refractivity contribution in [1.82, 2.24) is 16.0 Å². The molecule has 0 aromatic rings. The minimum atomic E-state index is -0.0740. The maximum Gasteiger partial charge on any atom is 0.229 e. The van der Waals surface area contributed by atoms with Crippen LogP contribution >= 0.6 is 0 Å². The van der Waals surface area contributed by atoms with Crippen LogP contribution in [0.2, 0.25) is 0 Å². The number of piperidine rings is 2. The van der Waals surface area contributed by atoms with Gasteiger partial charge in [-0.15, -0.1) is 0 Å². The second-order valence-corrected chi connectivity index (χ2v) is 4.90. The van der Waals surface area contributed by atoms with Gasteiger partial charge in [0.05, 0.1) is 0 Å². The molecule has 2 aliphatic rings. The van der Waals surface area contributed by atoms with Gasteiger partial charge in [0.1, 0.15) is 0 Å². The number of hydrogen-bond donors (Lipinski definition) is 3. The van der Waals surface area contributed by atoms with Gasteiger partial charge in [0.25, 0.3) is 0 Å². The molecule has 2 amide bonds. The van der Waals surface area contributed by atoms with Crippen molar-refractivity contribution in [3.63, 3.8) is 0 Å². The molecule has 0 saturated carbocycles. The Morgan fingerprint density at radius 3 is 1.47 bits per heavy atom. The predicted molar refractivity (Wildman–Crippen MR) is 64.3 cm³/mol. The summed E-state index contributed by atoms with van der Waals surface area (Å²) in [6.45, 7) is 3.50. The lowest BCUT2D eigenvalue weighted by Gasteiger charge is -2.24. The zero-order valence-corrected chi connectivity index (χ0v) is 10.1. The second kappa shape index (κ2) is 6.12. The number of carbonyl (C=O) groups excluding carboxylic acids is 2. The van der Waals surface area contributed by atoms with E-state index in [2.05, 4.69) is 16.0 Å².